The SMILES string of the molecule is CC\C=C/C=C\C=C/C=C\C=C/CCCCCC(=O)OCC(COC(=O)CC/C=C\C/C=C\C/C=C\C/C=C\C/C=C\C/C=C\CC)OC(=O)CCCCC/C=C\C/C=C\C/C=C\C/C=C\C/C=C\CC. The molecule has 0 radical (unpaired) electrons. The summed E-state index contributed by atoms with van der Waals surface area (Å²) < 4.78 is 16.7. The Morgan fingerprint density at radius 1 is 0.296 bits per heavy atom. The van der Waals surface area contributed by atoms with Crippen LogP contribution < -0.4 is 0 Å². The summed E-state index contributed by atoms with van der Waals surface area (Å²) in [4.78, 5) is 38.1. The third-order valence-electron chi connectivity index (χ3n) is 10.2. The Bertz CT molecular complexity index is 1780. The first kappa shape index (κ1) is 65.2. The summed E-state index contributed by atoms with van der Waals surface area (Å²) in [5.41, 5.74) is 0. The van der Waals surface area contributed by atoms with Gasteiger partial charge in [0.1, 0.15) is 13.2 Å². The van der Waals surface area contributed by atoms with Crippen molar-refractivity contribution in [2.75, 3.05) is 13.2 Å². The number of rotatable bonds is 45. The van der Waals surface area contributed by atoms with Crippen LogP contribution in [0.1, 0.15) is 175 Å². The maximum Gasteiger partial charge on any atom is 0.306 e. The van der Waals surface area contributed by atoms with Crippen LogP contribution in [0.4, 0.5) is 0 Å². The predicted octanol–water partition coefficient (Wildman–Crippen LogP) is 18.3. The normalized spacial score (nSPS) is 13.7. The lowest BCUT2D eigenvalue weighted by molar-refractivity contribution is -0.166. The number of hydrogen-bond acceptors (Lipinski definition) is 6. The molecule has 0 aliphatic carbocycles. The van der Waals surface area contributed by atoms with Crippen molar-refractivity contribution in [3.63, 3.8) is 0 Å². The lowest BCUT2D eigenvalue weighted by Gasteiger charge is -2.18. The first-order chi connectivity index (χ1) is 35.0. The van der Waals surface area contributed by atoms with E-state index in [2.05, 4.69) is 154 Å². The van der Waals surface area contributed by atoms with Crippen LogP contribution in [0.5, 0.6) is 0 Å². The standard InChI is InChI=1S/C65H94O6/c1-4-7-10-13-16-19-22-25-28-30-32-34-37-40-43-46-49-52-55-58-64(67)70-61-62(60-69-63(66)57-54-51-48-45-42-39-36-27-24-21-18-15-12-9-6-3)71-65(68)59-56-53-50-47-44-41-38-35-33-31-29-26-23-20-17-14-11-8-5-2/h7-12,15-21,24-29,32-36,39-44,49,52,62H,4-6,13-14,22-23,30-31,37-38,45-48,50-51,53-61H2,1-3H3/b10-7-,11-8-,12-9-,18-15-,19-16-,20-17-,24-21-,28-25-,29-26-,34-32-,35-33-,36-27-,42-39-,43-40-,44-41-,52-49-. The van der Waals surface area contributed by atoms with Crippen molar-refractivity contribution >= 4 is 17.9 Å². The molecule has 0 saturated carbocycles. The quantitative estimate of drug-likeness (QED) is 0.0199. The van der Waals surface area contributed by atoms with Gasteiger partial charge in [-0.15, -0.1) is 0 Å². The maximum atomic E-state index is 12.8. The molecule has 0 aromatic heterocycles. The van der Waals surface area contributed by atoms with E-state index in [0.29, 0.717) is 19.3 Å². The highest BCUT2D eigenvalue weighted by molar-refractivity contribution is 5.71. The molecule has 6 nitrogen and oxygen atoms in total. The molecular weight excluding hydrogens is 877 g/mol. The van der Waals surface area contributed by atoms with E-state index in [0.717, 1.165) is 116 Å². The fourth-order valence-electron chi connectivity index (χ4n) is 6.28. The Morgan fingerprint density at radius 2 is 0.606 bits per heavy atom. The Balaban J connectivity index is 4.69. The second kappa shape index (κ2) is 56.8. The minimum absolute atomic E-state index is 0.149. The minimum atomic E-state index is -0.857. The molecule has 390 valence electrons. The summed E-state index contributed by atoms with van der Waals surface area (Å²) in [7, 11) is 0. The highest BCUT2D eigenvalue weighted by Gasteiger charge is 2.19. The molecule has 0 fully saturated rings. The molecule has 0 saturated heterocycles. The van der Waals surface area contributed by atoms with Crippen LogP contribution in [-0.4, -0.2) is 37.2 Å². The van der Waals surface area contributed by atoms with Crippen molar-refractivity contribution in [1.29, 1.82) is 0 Å². The number of unbranched alkanes of at least 4 members (excludes halogenated alkanes) is 6. The van der Waals surface area contributed by atoms with Gasteiger partial charge in [-0.25, -0.2) is 0 Å². The van der Waals surface area contributed by atoms with Gasteiger partial charge in [0, 0.05) is 19.3 Å². The van der Waals surface area contributed by atoms with Crippen LogP contribution in [0, 0.1) is 0 Å². The topological polar surface area (TPSA) is 78.9 Å². The van der Waals surface area contributed by atoms with Gasteiger partial charge in [-0.1, -0.05) is 228 Å². The minimum Gasteiger partial charge on any atom is -0.462 e. The highest BCUT2D eigenvalue weighted by atomic mass is 16.6. The average Bonchev–Trinajstić information content (AvgIpc) is 3.37. The molecule has 0 rings (SSSR count). The lowest BCUT2D eigenvalue weighted by Crippen LogP contribution is -2.30. The van der Waals surface area contributed by atoms with Gasteiger partial charge in [0.05, 0.1) is 0 Å². The number of ether oxygens (including phenoxy) is 3. The molecule has 1 atom stereocenters. The van der Waals surface area contributed by atoms with Crippen LogP contribution >= 0.6 is 0 Å². The van der Waals surface area contributed by atoms with Crippen molar-refractivity contribution in [2.45, 2.75) is 181 Å². The van der Waals surface area contributed by atoms with Crippen LogP contribution in [0.25, 0.3) is 0 Å². The van der Waals surface area contributed by atoms with Crippen LogP contribution in [0.3, 0.4) is 0 Å². The van der Waals surface area contributed by atoms with E-state index in [1.807, 2.05) is 60.8 Å². The molecule has 0 aromatic rings. The number of carbonyl (C=O) groups excluding carboxylic acids is 3. The highest BCUT2D eigenvalue weighted by Crippen LogP contribution is 2.10. The molecule has 1 unspecified atom stereocenters. The van der Waals surface area contributed by atoms with Crippen LogP contribution in [0.2, 0.25) is 0 Å². The van der Waals surface area contributed by atoms with Crippen molar-refractivity contribution in [1.82, 2.24) is 0 Å². The lowest BCUT2D eigenvalue weighted by atomic mass is 10.1. The zero-order valence-corrected chi connectivity index (χ0v) is 44.4. The van der Waals surface area contributed by atoms with Crippen LogP contribution in [0.15, 0.2) is 194 Å². The summed E-state index contributed by atoms with van der Waals surface area (Å²) in [5.74, 6) is -1.12. The summed E-state index contributed by atoms with van der Waals surface area (Å²) in [6.07, 6.45) is 87.1. The summed E-state index contributed by atoms with van der Waals surface area (Å²) >= 11 is 0. The molecule has 71 heavy (non-hydrogen) atoms. The van der Waals surface area contributed by atoms with Gasteiger partial charge in [-0.05, 0) is 122 Å². The van der Waals surface area contributed by atoms with E-state index in [4.69, 9.17) is 14.2 Å². The van der Waals surface area contributed by atoms with Crippen LogP contribution in [-0.2, 0) is 28.6 Å². The summed E-state index contributed by atoms with van der Waals surface area (Å²) in [5, 5.41) is 0. The van der Waals surface area contributed by atoms with Gasteiger partial charge in [0.15, 0.2) is 6.10 Å². The first-order valence-corrected chi connectivity index (χ1v) is 27.0. The zero-order chi connectivity index (χ0) is 51.4. The van der Waals surface area contributed by atoms with Gasteiger partial charge in [0.25, 0.3) is 0 Å². The van der Waals surface area contributed by atoms with Crippen molar-refractivity contribution in [2.24, 2.45) is 0 Å². The van der Waals surface area contributed by atoms with Crippen molar-refractivity contribution < 1.29 is 28.6 Å². The number of allylic oxidation sites excluding steroid dienone is 32. The number of hydrogen-bond donors (Lipinski definition) is 0. The fourth-order valence-corrected chi connectivity index (χ4v) is 6.28. The zero-order valence-electron chi connectivity index (χ0n) is 44.4. The van der Waals surface area contributed by atoms with E-state index in [1.54, 1.807) is 0 Å². The van der Waals surface area contributed by atoms with Crippen molar-refractivity contribution in [3.05, 3.63) is 194 Å². The molecule has 6 heteroatoms. The molecule has 0 aliphatic heterocycles. The Kier molecular flexibility index (Phi) is 52.2. The third-order valence-corrected chi connectivity index (χ3v) is 10.2. The molecule has 0 heterocycles. The fraction of sp³-hybridized carbons (Fsp3) is 0.462. The molecule has 0 bridgehead atoms. The number of carbonyl (C=O) groups is 3. The third kappa shape index (κ3) is 55.1. The number of esters is 3. The van der Waals surface area contributed by atoms with E-state index >= 15 is 0 Å². The van der Waals surface area contributed by atoms with Gasteiger partial charge in [-0.3, -0.25) is 14.4 Å². The first-order valence-electron chi connectivity index (χ1n) is 27.0. The summed E-state index contributed by atoms with van der Waals surface area (Å²) in [6.45, 7) is 6.10. The maximum absolute atomic E-state index is 12.8. The molecule has 0 aromatic carbocycles. The van der Waals surface area contributed by atoms with E-state index in [-0.39, 0.29) is 50.4 Å². The average molecular weight is 971 g/mol. The largest absolute Gasteiger partial charge is 0.462 e. The summed E-state index contributed by atoms with van der Waals surface area (Å²) in [6, 6.07) is 0. The molecular formula is C65H94O6. The molecule has 0 spiro atoms. The monoisotopic (exact) mass is 971 g/mol. The van der Waals surface area contributed by atoms with Crippen molar-refractivity contribution in [3.8, 4) is 0 Å². The van der Waals surface area contributed by atoms with E-state index in [1.165, 1.54) is 0 Å². The predicted molar refractivity (Wildman–Crippen MR) is 306 cm³/mol. The molecule has 0 amide bonds. The second-order valence-corrected chi connectivity index (χ2v) is 16.8. The van der Waals surface area contributed by atoms with E-state index in [9.17, 15) is 14.4 Å². The van der Waals surface area contributed by atoms with E-state index < -0.39 is 6.10 Å². The Labute approximate surface area is 433 Å². The van der Waals surface area contributed by atoms with Gasteiger partial charge >= 0.3 is 17.9 Å². The molecule has 0 N–H and O–H groups in total. The van der Waals surface area contributed by atoms with Gasteiger partial charge < -0.3 is 14.2 Å². The van der Waals surface area contributed by atoms with Gasteiger partial charge in [-0.2, -0.15) is 0 Å². The Hall–Kier alpha value is -5.75. The smallest absolute Gasteiger partial charge is 0.306 e. The van der Waals surface area contributed by atoms with Gasteiger partial charge in [0.2, 0.25) is 0 Å². The second-order valence-electron chi connectivity index (χ2n) is 16.8. The molecule has 0 aliphatic rings. The Morgan fingerprint density at radius 3 is 1.01 bits per heavy atom.